The van der Waals surface area contributed by atoms with Crippen LogP contribution in [-0.2, 0) is 4.74 Å². The van der Waals surface area contributed by atoms with Gasteiger partial charge in [-0.25, -0.2) is 9.78 Å². The van der Waals surface area contributed by atoms with Crippen LogP contribution in [0.4, 0.5) is 11.5 Å². The number of hydrogen-bond acceptors (Lipinski definition) is 5. The summed E-state index contributed by atoms with van der Waals surface area (Å²) in [5.41, 5.74) is 6.11. The number of carbonyl (C=O) groups is 1. The molecule has 0 aliphatic heterocycles. The van der Waals surface area contributed by atoms with Crippen molar-refractivity contribution in [2.75, 3.05) is 18.2 Å². The fourth-order valence-corrected chi connectivity index (χ4v) is 2.48. The van der Waals surface area contributed by atoms with Gasteiger partial charge >= 0.3 is 5.97 Å². The Morgan fingerprint density at radius 1 is 1.63 bits per heavy atom. The van der Waals surface area contributed by atoms with Gasteiger partial charge in [-0.3, -0.25) is 0 Å². The van der Waals surface area contributed by atoms with Crippen molar-refractivity contribution >= 4 is 17.5 Å². The molecule has 104 valence electrons. The van der Waals surface area contributed by atoms with E-state index in [-0.39, 0.29) is 28.9 Å². The molecular weight excluding hydrogens is 246 g/mol. The van der Waals surface area contributed by atoms with Crippen molar-refractivity contribution in [1.29, 1.82) is 0 Å². The Kier molecular flexibility index (Phi) is 3.36. The molecule has 4 N–H and O–H groups in total. The summed E-state index contributed by atoms with van der Waals surface area (Å²) in [5, 5.41) is 12.4. The Hall–Kier alpha value is -1.82. The zero-order chi connectivity index (χ0) is 14.2. The lowest BCUT2D eigenvalue weighted by atomic mass is 9.64. The van der Waals surface area contributed by atoms with Crippen molar-refractivity contribution in [2.24, 2.45) is 5.41 Å². The van der Waals surface area contributed by atoms with E-state index < -0.39 is 5.97 Å². The average Bonchev–Trinajstić information content (AvgIpc) is 2.35. The number of nitrogens with two attached hydrogens (primary N) is 1. The minimum Gasteiger partial charge on any atom is -0.478 e. The molecule has 1 aliphatic rings. The van der Waals surface area contributed by atoms with Gasteiger partial charge < -0.3 is 20.9 Å². The van der Waals surface area contributed by atoms with Crippen LogP contribution in [0.3, 0.4) is 0 Å². The number of nitrogens with zero attached hydrogens (tertiary/aromatic N) is 1. The number of rotatable bonds is 4. The van der Waals surface area contributed by atoms with E-state index in [1.807, 2.05) is 0 Å². The molecule has 1 aromatic rings. The van der Waals surface area contributed by atoms with Gasteiger partial charge in [0.2, 0.25) is 0 Å². The number of nitrogens with one attached hydrogen (secondary N) is 1. The Balaban J connectivity index is 2.19. The summed E-state index contributed by atoms with van der Waals surface area (Å²) in [6.07, 6.45) is 2.49. The van der Waals surface area contributed by atoms with E-state index in [0.717, 1.165) is 6.42 Å². The molecule has 0 saturated heterocycles. The van der Waals surface area contributed by atoms with Gasteiger partial charge in [0.05, 0.1) is 23.6 Å². The lowest BCUT2D eigenvalue weighted by molar-refractivity contribution is -0.0794. The molecule has 1 aliphatic carbocycles. The molecule has 0 radical (unpaired) electrons. The summed E-state index contributed by atoms with van der Waals surface area (Å²) >= 11 is 0. The number of carboxylic acid groups (broad SMARTS) is 1. The van der Waals surface area contributed by atoms with E-state index >= 15 is 0 Å². The molecule has 2 atom stereocenters. The quantitative estimate of drug-likeness (QED) is 0.764. The number of aromatic carboxylic acids is 1. The highest BCUT2D eigenvalue weighted by Gasteiger charge is 2.48. The number of hydrogen-bond donors (Lipinski definition) is 3. The molecule has 1 fully saturated rings. The van der Waals surface area contributed by atoms with Crippen LogP contribution < -0.4 is 11.1 Å². The van der Waals surface area contributed by atoms with Gasteiger partial charge in [0.25, 0.3) is 0 Å². The number of methoxy groups -OCH3 is 1. The second-order valence-electron chi connectivity index (χ2n) is 5.44. The Morgan fingerprint density at radius 2 is 2.32 bits per heavy atom. The zero-order valence-corrected chi connectivity index (χ0v) is 11.3. The molecule has 6 heteroatoms. The van der Waals surface area contributed by atoms with E-state index in [0.29, 0.717) is 5.69 Å². The summed E-state index contributed by atoms with van der Waals surface area (Å²) in [4.78, 5) is 15.1. The lowest BCUT2D eigenvalue weighted by Crippen LogP contribution is -2.57. The summed E-state index contributed by atoms with van der Waals surface area (Å²) in [5.74, 6) is -0.817. The topological polar surface area (TPSA) is 97.5 Å². The second kappa shape index (κ2) is 4.70. The Labute approximate surface area is 112 Å². The van der Waals surface area contributed by atoms with E-state index in [4.69, 9.17) is 10.5 Å². The number of ether oxygens (including phenoxy) is 1. The predicted molar refractivity (Wildman–Crippen MR) is 72.2 cm³/mol. The maximum absolute atomic E-state index is 11.2. The van der Waals surface area contributed by atoms with Gasteiger partial charge in [0.1, 0.15) is 5.82 Å². The minimum absolute atomic E-state index is 0.0497. The molecule has 19 heavy (non-hydrogen) atoms. The summed E-state index contributed by atoms with van der Waals surface area (Å²) in [7, 11) is 1.69. The smallest absolute Gasteiger partial charge is 0.337 e. The SMILES string of the molecule is COC1CC(Nc2cnc(N)cc2C(=O)O)C1(C)C. The molecule has 6 nitrogen and oxygen atoms in total. The first-order valence-corrected chi connectivity index (χ1v) is 6.14. The van der Waals surface area contributed by atoms with Crippen molar-refractivity contribution in [3.05, 3.63) is 17.8 Å². The molecule has 1 saturated carbocycles. The first-order chi connectivity index (χ1) is 8.86. The third kappa shape index (κ3) is 2.35. The highest BCUT2D eigenvalue weighted by Crippen LogP contribution is 2.44. The molecule has 2 unspecified atom stereocenters. The molecule has 1 heterocycles. The summed E-state index contributed by atoms with van der Waals surface area (Å²) in [6, 6.07) is 1.52. The first kappa shape index (κ1) is 13.6. The van der Waals surface area contributed by atoms with Crippen LogP contribution in [0.1, 0.15) is 30.6 Å². The van der Waals surface area contributed by atoms with E-state index in [1.54, 1.807) is 7.11 Å². The van der Waals surface area contributed by atoms with Gasteiger partial charge in [-0.15, -0.1) is 0 Å². The first-order valence-electron chi connectivity index (χ1n) is 6.14. The second-order valence-corrected chi connectivity index (χ2v) is 5.44. The summed E-state index contributed by atoms with van der Waals surface area (Å²) in [6.45, 7) is 4.18. The number of anilines is 2. The average molecular weight is 265 g/mol. The van der Waals surface area contributed by atoms with Crippen molar-refractivity contribution in [2.45, 2.75) is 32.4 Å². The van der Waals surface area contributed by atoms with E-state index in [9.17, 15) is 9.90 Å². The molecule has 0 spiro atoms. The lowest BCUT2D eigenvalue weighted by Gasteiger charge is -2.51. The number of pyridine rings is 1. The van der Waals surface area contributed by atoms with Crippen LogP contribution in [0.2, 0.25) is 0 Å². The number of carboxylic acids is 1. The van der Waals surface area contributed by atoms with Crippen LogP contribution in [0.25, 0.3) is 0 Å². The van der Waals surface area contributed by atoms with Crippen molar-refractivity contribution < 1.29 is 14.6 Å². The van der Waals surface area contributed by atoms with Crippen LogP contribution >= 0.6 is 0 Å². The Morgan fingerprint density at radius 3 is 2.84 bits per heavy atom. The van der Waals surface area contributed by atoms with Crippen molar-refractivity contribution in [1.82, 2.24) is 4.98 Å². The standard InChI is InChI=1S/C13H19N3O3/c1-13(2)9(5-10(13)19-3)16-8-6-15-11(14)4-7(8)12(17)18/h4,6,9-10,16H,5H2,1-3H3,(H2,14,15)(H,17,18). The number of aromatic nitrogens is 1. The third-order valence-corrected chi connectivity index (χ3v) is 3.95. The monoisotopic (exact) mass is 265 g/mol. The molecule has 2 rings (SSSR count). The molecule has 1 aromatic heterocycles. The number of nitrogen functional groups attached to an aromatic ring is 1. The maximum atomic E-state index is 11.2. The van der Waals surface area contributed by atoms with Gasteiger partial charge in [-0.1, -0.05) is 13.8 Å². The van der Waals surface area contributed by atoms with E-state index in [2.05, 4.69) is 24.1 Å². The van der Waals surface area contributed by atoms with Crippen LogP contribution in [-0.4, -0.2) is 35.3 Å². The van der Waals surface area contributed by atoms with Crippen molar-refractivity contribution in [3.63, 3.8) is 0 Å². The minimum atomic E-state index is -1.02. The maximum Gasteiger partial charge on any atom is 0.337 e. The van der Waals surface area contributed by atoms with Gasteiger partial charge in [-0.05, 0) is 12.5 Å². The van der Waals surface area contributed by atoms with E-state index in [1.165, 1.54) is 12.3 Å². The van der Waals surface area contributed by atoms with Crippen molar-refractivity contribution in [3.8, 4) is 0 Å². The van der Waals surface area contributed by atoms with Gasteiger partial charge in [0.15, 0.2) is 0 Å². The predicted octanol–water partition coefficient (Wildman–Crippen LogP) is 1.59. The highest BCUT2D eigenvalue weighted by atomic mass is 16.5. The molecule has 0 bridgehead atoms. The summed E-state index contributed by atoms with van der Waals surface area (Å²) < 4.78 is 5.37. The van der Waals surface area contributed by atoms with Crippen LogP contribution in [0, 0.1) is 5.41 Å². The third-order valence-electron chi connectivity index (χ3n) is 3.95. The highest BCUT2D eigenvalue weighted by molar-refractivity contribution is 5.94. The molecular formula is C13H19N3O3. The fourth-order valence-electron chi connectivity index (χ4n) is 2.48. The fraction of sp³-hybridized carbons (Fsp3) is 0.538. The molecule has 0 amide bonds. The van der Waals surface area contributed by atoms with Gasteiger partial charge in [0, 0.05) is 18.6 Å². The normalized spacial score (nSPS) is 24.6. The molecule has 0 aromatic carbocycles. The zero-order valence-electron chi connectivity index (χ0n) is 11.3. The Bertz CT molecular complexity index is 502. The van der Waals surface area contributed by atoms with Crippen LogP contribution in [0.15, 0.2) is 12.3 Å². The van der Waals surface area contributed by atoms with Crippen LogP contribution in [0.5, 0.6) is 0 Å². The largest absolute Gasteiger partial charge is 0.478 e. The van der Waals surface area contributed by atoms with Gasteiger partial charge in [-0.2, -0.15) is 0 Å².